The number of oxazole rings is 1. The van der Waals surface area contributed by atoms with E-state index in [-0.39, 0.29) is 12.6 Å². The molecule has 0 aromatic carbocycles. The van der Waals surface area contributed by atoms with E-state index in [1.54, 1.807) is 14.0 Å². The molecular weight excluding hydrogens is 223 g/mol. The standard InChI is InChI=1S/C9H14F3N3O/c1-3-15(6-9(10,11)12)8-14-7(4-13-2)5-16-8/h5,13H,3-4,6H2,1-2H3. The maximum Gasteiger partial charge on any atom is 0.406 e. The Bertz CT molecular complexity index is 324. The Balaban J connectivity index is 2.71. The maximum absolute atomic E-state index is 12.2. The highest BCUT2D eigenvalue weighted by molar-refractivity contribution is 5.27. The molecule has 0 saturated carbocycles. The number of alkyl halides is 3. The van der Waals surface area contributed by atoms with Crippen molar-refractivity contribution >= 4 is 6.01 Å². The zero-order valence-electron chi connectivity index (χ0n) is 9.14. The van der Waals surface area contributed by atoms with Gasteiger partial charge in [0.1, 0.15) is 12.8 Å². The van der Waals surface area contributed by atoms with Gasteiger partial charge in [0.2, 0.25) is 0 Å². The molecule has 1 aromatic rings. The summed E-state index contributed by atoms with van der Waals surface area (Å²) < 4.78 is 41.6. The van der Waals surface area contributed by atoms with Crippen LogP contribution in [0.3, 0.4) is 0 Å². The van der Waals surface area contributed by atoms with Gasteiger partial charge < -0.3 is 14.6 Å². The van der Waals surface area contributed by atoms with Crippen LogP contribution in [0.15, 0.2) is 10.7 Å². The molecule has 1 N–H and O–H groups in total. The van der Waals surface area contributed by atoms with Crippen molar-refractivity contribution < 1.29 is 17.6 Å². The molecular formula is C9H14F3N3O. The Morgan fingerprint density at radius 1 is 1.50 bits per heavy atom. The van der Waals surface area contributed by atoms with Crippen molar-refractivity contribution in [2.45, 2.75) is 19.6 Å². The van der Waals surface area contributed by atoms with Crippen molar-refractivity contribution in [3.63, 3.8) is 0 Å². The molecule has 0 atom stereocenters. The van der Waals surface area contributed by atoms with E-state index in [1.807, 2.05) is 0 Å². The fourth-order valence-corrected chi connectivity index (χ4v) is 1.23. The van der Waals surface area contributed by atoms with E-state index in [0.29, 0.717) is 12.2 Å². The molecule has 0 radical (unpaired) electrons. The number of nitrogens with one attached hydrogen (secondary N) is 1. The van der Waals surface area contributed by atoms with E-state index in [4.69, 9.17) is 4.42 Å². The number of aromatic nitrogens is 1. The SMILES string of the molecule is CCN(CC(F)(F)F)c1nc(CNC)co1. The summed E-state index contributed by atoms with van der Waals surface area (Å²) >= 11 is 0. The normalized spacial score (nSPS) is 11.8. The zero-order valence-corrected chi connectivity index (χ0v) is 9.14. The molecule has 0 spiro atoms. The van der Waals surface area contributed by atoms with Gasteiger partial charge in [0.25, 0.3) is 6.01 Å². The largest absolute Gasteiger partial charge is 0.432 e. The van der Waals surface area contributed by atoms with Crippen LogP contribution in [0.25, 0.3) is 0 Å². The van der Waals surface area contributed by atoms with Gasteiger partial charge in [-0.1, -0.05) is 0 Å². The number of hydrogen-bond donors (Lipinski definition) is 1. The number of nitrogens with zero attached hydrogens (tertiary/aromatic N) is 2. The summed E-state index contributed by atoms with van der Waals surface area (Å²) in [5.74, 6) is 0. The van der Waals surface area contributed by atoms with E-state index < -0.39 is 12.7 Å². The molecule has 16 heavy (non-hydrogen) atoms. The van der Waals surface area contributed by atoms with Crippen molar-refractivity contribution in [3.8, 4) is 0 Å². The van der Waals surface area contributed by atoms with Gasteiger partial charge >= 0.3 is 6.18 Å². The predicted molar refractivity (Wildman–Crippen MR) is 53.2 cm³/mol. The first kappa shape index (κ1) is 12.8. The van der Waals surface area contributed by atoms with Crippen LogP contribution in [0.1, 0.15) is 12.6 Å². The third-order valence-electron chi connectivity index (χ3n) is 1.92. The first-order valence-corrected chi connectivity index (χ1v) is 4.87. The van der Waals surface area contributed by atoms with Crippen LogP contribution < -0.4 is 10.2 Å². The summed E-state index contributed by atoms with van der Waals surface area (Å²) in [5, 5.41) is 2.84. The topological polar surface area (TPSA) is 41.3 Å². The van der Waals surface area contributed by atoms with Crippen LogP contribution >= 0.6 is 0 Å². The van der Waals surface area contributed by atoms with Gasteiger partial charge in [0.15, 0.2) is 0 Å². The Morgan fingerprint density at radius 3 is 2.69 bits per heavy atom. The lowest BCUT2D eigenvalue weighted by Gasteiger charge is -2.19. The van der Waals surface area contributed by atoms with Crippen LogP contribution in [0.2, 0.25) is 0 Å². The number of halogens is 3. The molecule has 0 bridgehead atoms. The second kappa shape index (κ2) is 5.20. The number of rotatable bonds is 5. The monoisotopic (exact) mass is 237 g/mol. The molecule has 0 aliphatic carbocycles. The lowest BCUT2D eigenvalue weighted by molar-refractivity contribution is -0.120. The fourth-order valence-electron chi connectivity index (χ4n) is 1.23. The quantitative estimate of drug-likeness (QED) is 0.847. The van der Waals surface area contributed by atoms with Crippen molar-refractivity contribution in [2.24, 2.45) is 0 Å². The average Bonchev–Trinajstić information content (AvgIpc) is 2.62. The molecule has 0 fully saturated rings. The summed E-state index contributed by atoms with van der Waals surface area (Å²) in [6.07, 6.45) is -2.90. The summed E-state index contributed by atoms with van der Waals surface area (Å²) in [6.45, 7) is 1.22. The predicted octanol–water partition coefficient (Wildman–Crippen LogP) is 1.78. The van der Waals surface area contributed by atoms with Gasteiger partial charge in [-0.3, -0.25) is 0 Å². The second-order valence-corrected chi connectivity index (χ2v) is 3.28. The molecule has 1 heterocycles. The highest BCUT2D eigenvalue weighted by Crippen LogP contribution is 2.21. The van der Waals surface area contributed by atoms with Gasteiger partial charge in [0.05, 0.1) is 5.69 Å². The first-order valence-electron chi connectivity index (χ1n) is 4.87. The Labute approximate surface area is 91.4 Å². The summed E-state index contributed by atoms with van der Waals surface area (Å²) in [4.78, 5) is 4.99. The van der Waals surface area contributed by atoms with Gasteiger partial charge in [-0.15, -0.1) is 0 Å². The molecule has 4 nitrogen and oxygen atoms in total. The van der Waals surface area contributed by atoms with E-state index in [9.17, 15) is 13.2 Å². The smallest absolute Gasteiger partial charge is 0.406 e. The van der Waals surface area contributed by atoms with Crippen molar-refractivity contribution in [3.05, 3.63) is 12.0 Å². The maximum atomic E-state index is 12.2. The van der Waals surface area contributed by atoms with E-state index in [2.05, 4.69) is 10.3 Å². The molecule has 0 aliphatic rings. The van der Waals surface area contributed by atoms with Crippen LogP contribution in [0, 0.1) is 0 Å². The Morgan fingerprint density at radius 2 is 2.19 bits per heavy atom. The van der Waals surface area contributed by atoms with Gasteiger partial charge in [-0.05, 0) is 14.0 Å². The van der Waals surface area contributed by atoms with Crippen LogP contribution in [-0.4, -0.2) is 31.3 Å². The number of anilines is 1. The van der Waals surface area contributed by atoms with Gasteiger partial charge in [-0.25, -0.2) is 0 Å². The minimum absolute atomic E-state index is 0.00470. The minimum atomic E-state index is -4.26. The minimum Gasteiger partial charge on any atom is -0.432 e. The van der Waals surface area contributed by atoms with E-state index in [1.165, 1.54) is 6.26 Å². The molecule has 0 aliphatic heterocycles. The lowest BCUT2D eigenvalue weighted by Crippen LogP contribution is -2.34. The number of hydrogen-bond acceptors (Lipinski definition) is 4. The molecule has 0 saturated heterocycles. The summed E-state index contributed by atoms with van der Waals surface area (Å²) in [7, 11) is 1.72. The van der Waals surface area contributed by atoms with Crippen molar-refractivity contribution in [1.29, 1.82) is 0 Å². The van der Waals surface area contributed by atoms with Crippen molar-refractivity contribution in [2.75, 3.05) is 25.0 Å². The third-order valence-corrected chi connectivity index (χ3v) is 1.92. The molecule has 1 aromatic heterocycles. The average molecular weight is 237 g/mol. The van der Waals surface area contributed by atoms with Gasteiger partial charge in [0, 0.05) is 13.1 Å². The first-order chi connectivity index (χ1) is 7.46. The van der Waals surface area contributed by atoms with Crippen LogP contribution in [0.5, 0.6) is 0 Å². The lowest BCUT2D eigenvalue weighted by atomic mass is 10.5. The molecule has 0 unspecified atom stereocenters. The van der Waals surface area contributed by atoms with Crippen LogP contribution in [0.4, 0.5) is 19.2 Å². The Kier molecular flexibility index (Phi) is 4.17. The summed E-state index contributed by atoms with van der Waals surface area (Å²) in [6, 6.07) is 0.00470. The Hall–Kier alpha value is -1.24. The highest BCUT2D eigenvalue weighted by Gasteiger charge is 2.31. The van der Waals surface area contributed by atoms with Crippen molar-refractivity contribution in [1.82, 2.24) is 10.3 Å². The second-order valence-electron chi connectivity index (χ2n) is 3.28. The molecule has 1 rings (SSSR count). The van der Waals surface area contributed by atoms with E-state index in [0.717, 1.165) is 4.90 Å². The third kappa shape index (κ3) is 3.73. The molecule has 0 amide bonds. The van der Waals surface area contributed by atoms with Gasteiger partial charge in [-0.2, -0.15) is 18.2 Å². The molecule has 92 valence electrons. The zero-order chi connectivity index (χ0) is 12.2. The van der Waals surface area contributed by atoms with Crippen LogP contribution in [-0.2, 0) is 6.54 Å². The summed E-state index contributed by atoms with van der Waals surface area (Å²) in [5.41, 5.74) is 0.582. The highest BCUT2D eigenvalue weighted by atomic mass is 19.4. The molecule has 7 heteroatoms. The van der Waals surface area contributed by atoms with E-state index >= 15 is 0 Å². The fraction of sp³-hybridized carbons (Fsp3) is 0.667.